The van der Waals surface area contributed by atoms with Gasteiger partial charge in [0, 0.05) is 24.0 Å². The first-order valence-electron chi connectivity index (χ1n) is 10.5. The summed E-state index contributed by atoms with van der Waals surface area (Å²) in [6.07, 6.45) is 0. The SMILES string of the molecule is CN1C(=O)[C@@H]2CN(C(=O)c3ccccc3)C[C@]2(c2cc(-c3cccc(C#N)c3)cs2)N=C1N. The Labute approximate surface area is 195 Å². The topological polar surface area (TPSA) is 103 Å². The Morgan fingerprint density at radius 3 is 2.73 bits per heavy atom. The van der Waals surface area contributed by atoms with E-state index in [9.17, 15) is 14.9 Å². The molecule has 33 heavy (non-hydrogen) atoms. The second-order valence-electron chi connectivity index (χ2n) is 8.29. The maximum atomic E-state index is 13.3. The van der Waals surface area contributed by atoms with Crippen molar-refractivity contribution in [3.8, 4) is 17.2 Å². The van der Waals surface area contributed by atoms with Gasteiger partial charge in [-0.15, -0.1) is 11.3 Å². The van der Waals surface area contributed by atoms with E-state index in [2.05, 4.69) is 6.07 Å². The number of nitrogens with zero attached hydrogens (tertiary/aromatic N) is 4. The number of amides is 2. The third-order valence-electron chi connectivity index (χ3n) is 6.36. The van der Waals surface area contributed by atoms with E-state index in [0.29, 0.717) is 11.1 Å². The summed E-state index contributed by atoms with van der Waals surface area (Å²) in [5.74, 6) is -0.662. The van der Waals surface area contributed by atoms with Crippen LogP contribution in [-0.2, 0) is 10.3 Å². The molecule has 3 aromatic rings. The lowest BCUT2D eigenvalue weighted by atomic mass is 9.83. The summed E-state index contributed by atoms with van der Waals surface area (Å²) in [5, 5.41) is 11.2. The summed E-state index contributed by atoms with van der Waals surface area (Å²) in [4.78, 5) is 35.2. The molecule has 1 saturated heterocycles. The number of carbonyl (C=O) groups is 2. The summed E-state index contributed by atoms with van der Waals surface area (Å²) >= 11 is 1.49. The van der Waals surface area contributed by atoms with Crippen LogP contribution in [0.4, 0.5) is 0 Å². The Balaban J connectivity index is 1.57. The average molecular weight is 456 g/mol. The van der Waals surface area contributed by atoms with Crippen molar-refractivity contribution in [1.82, 2.24) is 9.80 Å². The molecule has 2 aromatic carbocycles. The lowest BCUT2D eigenvalue weighted by Gasteiger charge is -2.36. The molecule has 164 valence electrons. The van der Waals surface area contributed by atoms with Crippen molar-refractivity contribution in [3.63, 3.8) is 0 Å². The van der Waals surface area contributed by atoms with Gasteiger partial charge in [-0.05, 0) is 46.8 Å². The molecule has 2 aliphatic heterocycles. The quantitative estimate of drug-likeness (QED) is 0.656. The molecule has 0 unspecified atom stereocenters. The molecule has 0 saturated carbocycles. The van der Waals surface area contributed by atoms with Crippen LogP contribution in [0.5, 0.6) is 0 Å². The van der Waals surface area contributed by atoms with E-state index in [1.54, 1.807) is 30.1 Å². The molecule has 0 radical (unpaired) electrons. The monoisotopic (exact) mass is 455 g/mol. The molecule has 8 heteroatoms. The Kier molecular flexibility index (Phi) is 4.99. The van der Waals surface area contributed by atoms with Crippen molar-refractivity contribution in [1.29, 1.82) is 5.26 Å². The maximum Gasteiger partial charge on any atom is 0.253 e. The normalized spacial score (nSPS) is 22.0. The Morgan fingerprint density at radius 1 is 1.18 bits per heavy atom. The van der Waals surface area contributed by atoms with E-state index < -0.39 is 11.5 Å². The molecule has 7 nitrogen and oxygen atoms in total. The molecule has 2 aliphatic rings. The number of rotatable bonds is 3. The van der Waals surface area contributed by atoms with Gasteiger partial charge >= 0.3 is 0 Å². The number of guanidine groups is 1. The van der Waals surface area contributed by atoms with E-state index in [1.165, 1.54) is 16.2 Å². The minimum absolute atomic E-state index is 0.132. The minimum Gasteiger partial charge on any atom is -0.369 e. The number of nitrogens with two attached hydrogens (primary N) is 1. The van der Waals surface area contributed by atoms with Crippen molar-refractivity contribution in [2.45, 2.75) is 5.54 Å². The number of nitriles is 1. The highest BCUT2D eigenvalue weighted by Crippen LogP contribution is 2.47. The maximum absolute atomic E-state index is 13.3. The van der Waals surface area contributed by atoms with Crippen molar-refractivity contribution in [2.75, 3.05) is 20.1 Å². The second kappa shape index (κ2) is 7.87. The molecule has 2 N–H and O–H groups in total. The number of hydrogen-bond acceptors (Lipinski definition) is 6. The lowest BCUT2D eigenvalue weighted by molar-refractivity contribution is -0.132. The van der Waals surface area contributed by atoms with Crippen molar-refractivity contribution in [3.05, 3.63) is 82.0 Å². The van der Waals surface area contributed by atoms with E-state index in [0.717, 1.165) is 16.0 Å². The largest absolute Gasteiger partial charge is 0.369 e. The first-order valence-corrected chi connectivity index (χ1v) is 11.4. The lowest BCUT2D eigenvalue weighted by Crippen LogP contribution is -2.54. The zero-order valence-corrected chi connectivity index (χ0v) is 18.7. The zero-order chi connectivity index (χ0) is 23.2. The summed E-state index contributed by atoms with van der Waals surface area (Å²) < 4.78 is 0. The van der Waals surface area contributed by atoms with E-state index in [-0.39, 0.29) is 30.9 Å². The fraction of sp³-hybridized carbons (Fsp3) is 0.200. The Hall–Kier alpha value is -3.96. The van der Waals surface area contributed by atoms with Gasteiger partial charge in [0.15, 0.2) is 5.96 Å². The van der Waals surface area contributed by atoms with Gasteiger partial charge in [0.1, 0.15) is 5.54 Å². The standard InChI is InChI=1S/C25H21N5O2S/c1-29-23(32)20-13-30(22(31)17-7-3-2-4-8-17)15-25(20,28-24(29)27)21-11-19(14-33-21)18-9-5-6-16(10-18)12-26/h2-11,14,20H,13,15H2,1H3,(H2,27,28)/t20-,25-/m0/s1. The van der Waals surface area contributed by atoms with E-state index in [1.807, 2.05) is 47.8 Å². The highest BCUT2D eigenvalue weighted by atomic mass is 32.1. The molecular formula is C25H21N5O2S. The summed E-state index contributed by atoms with van der Waals surface area (Å²) in [6, 6.07) is 20.6. The van der Waals surface area contributed by atoms with Crippen molar-refractivity contribution in [2.24, 2.45) is 16.6 Å². The highest BCUT2D eigenvalue weighted by molar-refractivity contribution is 7.10. The van der Waals surface area contributed by atoms with Crippen LogP contribution < -0.4 is 5.73 Å². The summed E-state index contributed by atoms with van der Waals surface area (Å²) in [7, 11) is 1.61. The molecule has 0 bridgehead atoms. The van der Waals surface area contributed by atoms with Gasteiger partial charge in [0.2, 0.25) is 5.91 Å². The van der Waals surface area contributed by atoms with Crippen LogP contribution >= 0.6 is 11.3 Å². The number of carbonyl (C=O) groups excluding carboxylic acids is 2. The van der Waals surface area contributed by atoms with Crippen LogP contribution in [0.15, 0.2) is 71.0 Å². The first-order chi connectivity index (χ1) is 15.9. The van der Waals surface area contributed by atoms with Crippen LogP contribution in [0.2, 0.25) is 0 Å². The molecule has 1 aromatic heterocycles. The summed E-state index contributed by atoms with van der Waals surface area (Å²) in [6.45, 7) is 0.536. The highest BCUT2D eigenvalue weighted by Gasteiger charge is 2.57. The van der Waals surface area contributed by atoms with Gasteiger partial charge in [0.05, 0.1) is 24.1 Å². The molecule has 5 rings (SSSR count). The molecular weight excluding hydrogens is 434 g/mol. The van der Waals surface area contributed by atoms with E-state index in [4.69, 9.17) is 10.7 Å². The molecule has 0 aliphatic carbocycles. The first kappa shape index (κ1) is 20.9. The molecule has 0 spiro atoms. The number of fused-ring (bicyclic) bond motifs is 1. The second-order valence-corrected chi connectivity index (χ2v) is 9.20. The molecule has 2 atom stereocenters. The zero-order valence-electron chi connectivity index (χ0n) is 17.9. The van der Waals surface area contributed by atoms with Gasteiger partial charge < -0.3 is 10.6 Å². The van der Waals surface area contributed by atoms with Gasteiger partial charge in [-0.25, -0.2) is 4.99 Å². The van der Waals surface area contributed by atoms with Gasteiger partial charge in [-0.2, -0.15) is 5.26 Å². The fourth-order valence-corrected chi connectivity index (χ4v) is 5.67. The predicted molar refractivity (Wildman–Crippen MR) is 126 cm³/mol. The van der Waals surface area contributed by atoms with Gasteiger partial charge in [0.25, 0.3) is 5.91 Å². The number of likely N-dealkylation sites (tertiary alicyclic amines) is 1. The van der Waals surface area contributed by atoms with Crippen LogP contribution in [0.25, 0.3) is 11.1 Å². The Bertz CT molecular complexity index is 1330. The van der Waals surface area contributed by atoms with E-state index >= 15 is 0 Å². The minimum atomic E-state index is -0.937. The number of hydrogen-bond donors (Lipinski definition) is 1. The van der Waals surface area contributed by atoms with Gasteiger partial charge in [-0.3, -0.25) is 14.5 Å². The van der Waals surface area contributed by atoms with Crippen LogP contribution in [0.1, 0.15) is 20.8 Å². The number of aliphatic imine (C=N–C) groups is 1. The Morgan fingerprint density at radius 2 is 1.97 bits per heavy atom. The van der Waals surface area contributed by atoms with Crippen molar-refractivity contribution < 1.29 is 9.59 Å². The third-order valence-corrected chi connectivity index (χ3v) is 7.45. The number of benzene rings is 2. The van der Waals surface area contributed by atoms with Crippen molar-refractivity contribution >= 4 is 29.1 Å². The summed E-state index contributed by atoms with van der Waals surface area (Å²) in [5.41, 5.74) is 8.22. The van der Waals surface area contributed by atoms with Gasteiger partial charge in [-0.1, -0.05) is 30.3 Å². The van der Waals surface area contributed by atoms with Crippen LogP contribution in [-0.4, -0.2) is 47.7 Å². The third kappa shape index (κ3) is 3.38. The van der Waals surface area contributed by atoms with Crippen LogP contribution in [0.3, 0.4) is 0 Å². The molecule has 3 heterocycles. The molecule has 2 amide bonds. The fourth-order valence-electron chi connectivity index (χ4n) is 4.56. The average Bonchev–Trinajstić information content (AvgIpc) is 3.49. The molecule has 1 fully saturated rings. The van der Waals surface area contributed by atoms with Crippen LogP contribution in [0, 0.1) is 17.2 Å². The predicted octanol–water partition coefficient (Wildman–Crippen LogP) is 3.04. The smallest absolute Gasteiger partial charge is 0.253 e. The number of thiophene rings is 1.